The molecule has 4 aliphatic rings. The summed E-state index contributed by atoms with van der Waals surface area (Å²) in [5.74, 6) is 0.165. The second-order valence-electron chi connectivity index (χ2n) is 7.97. The molecular weight excluding hydrogens is 318 g/mol. The average molecular weight is 343 g/mol. The minimum absolute atomic E-state index is 0.0256. The number of hydroxylamine groups is 2. The van der Waals surface area contributed by atoms with Crippen LogP contribution in [0.1, 0.15) is 43.0 Å². The lowest BCUT2D eigenvalue weighted by Crippen LogP contribution is -2.70. The molecule has 0 saturated heterocycles. The highest BCUT2D eigenvalue weighted by Crippen LogP contribution is 2.58. The summed E-state index contributed by atoms with van der Waals surface area (Å²) in [6.45, 7) is 2.17. The summed E-state index contributed by atoms with van der Waals surface area (Å²) in [7, 11) is 3.18. The Labute approximate surface area is 147 Å². The lowest BCUT2D eigenvalue weighted by molar-refractivity contribution is -0.186. The molecule has 3 aliphatic carbocycles. The zero-order valence-corrected chi connectivity index (χ0v) is 15.0. The number of rotatable bonds is 2. The summed E-state index contributed by atoms with van der Waals surface area (Å²) in [5.41, 5.74) is 0.956. The highest BCUT2D eigenvalue weighted by molar-refractivity contribution is 6.02. The molecule has 2 N–H and O–H groups in total. The van der Waals surface area contributed by atoms with Crippen molar-refractivity contribution in [1.29, 1.82) is 0 Å². The molecule has 5 rings (SSSR count). The van der Waals surface area contributed by atoms with E-state index in [1.165, 1.54) is 12.2 Å². The minimum Gasteiger partial charge on any atom is -0.362 e. The Balaban J connectivity index is 1.66. The van der Waals surface area contributed by atoms with Crippen LogP contribution >= 0.6 is 0 Å². The molecule has 3 saturated carbocycles. The number of para-hydroxylation sites is 1. The van der Waals surface area contributed by atoms with Gasteiger partial charge in [-0.3, -0.25) is 14.4 Å². The van der Waals surface area contributed by atoms with Crippen molar-refractivity contribution >= 4 is 17.5 Å². The van der Waals surface area contributed by atoms with Crippen LogP contribution in [0.4, 0.5) is 5.69 Å². The molecule has 0 aromatic heterocycles. The van der Waals surface area contributed by atoms with E-state index in [2.05, 4.69) is 17.6 Å². The average Bonchev–Trinajstić information content (AvgIpc) is 2.60. The van der Waals surface area contributed by atoms with Gasteiger partial charge in [-0.2, -0.15) is 0 Å². The van der Waals surface area contributed by atoms with Gasteiger partial charge in [-0.25, -0.2) is 5.06 Å². The van der Waals surface area contributed by atoms with Crippen LogP contribution in [0.3, 0.4) is 0 Å². The molecule has 2 amide bonds. The topological polar surface area (TPSA) is 70.7 Å². The number of fused-ring (bicyclic) bond motifs is 3. The van der Waals surface area contributed by atoms with Crippen molar-refractivity contribution in [2.45, 2.75) is 38.3 Å². The van der Waals surface area contributed by atoms with Crippen molar-refractivity contribution < 1.29 is 14.4 Å². The quantitative estimate of drug-likeness (QED) is 0.809. The van der Waals surface area contributed by atoms with E-state index in [1.54, 1.807) is 7.05 Å². The second kappa shape index (κ2) is 5.46. The first-order valence-electron chi connectivity index (χ1n) is 8.90. The number of benzene rings is 1. The summed E-state index contributed by atoms with van der Waals surface area (Å²) in [6.07, 6.45) is 3.51. The fraction of sp³-hybridized carbons (Fsp3) is 0.579. The van der Waals surface area contributed by atoms with Gasteiger partial charge < -0.3 is 10.6 Å². The molecular formula is C19H25N3O3. The molecule has 3 fully saturated rings. The molecule has 6 nitrogen and oxygen atoms in total. The maximum absolute atomic E-state index is 12.8. The van der Waals surface area contributed by atoms with Gasteiger partial charge in [0.15, 0.2) is 0 Å². The molecule has 2 bridgehead atoms. The highest BCUT2D eigenvalue weighted by Gasteiger charge is 2.60. The molecule has 0 unspecified atom stereocenters. The third kappa shape index (κ3) is 2.34. The summed E-state index contributed by atoms with van der Waals surface area (Å²) >= 11 is 0. The van der Waals surface area contributed by atoms with Crippen LogP contribution < -0.4 is 10.6 Å². The first-order chi connectivity index (χ1) is 11.9. The van der Waals surface area contributed by atoms with Crippen LogP contribution in [0.25, 0.3) is 0 Å². The number of hydrogen-bond donors (Lipinski definition) is 2. The van der Waals surface area contributed by atoms with Gasteiger partial charge in [-0.15, -0.1) is 0 Å². The summed E-state index contributed by atoms with van der Waals surface area (Å²) < 4.78 is 0. The highest BCUT2D eigenvalue weighted by atomic mass is 16.7. The van der Waals surface area contributed by atoms with Gasteiger partial charge in [0.05, 0.1) is 12.7 Å². The van der Waals surface area contributed by atoms with Crippen LogP contribution in [-0.2, 0) is 9.63 Å². The number of anilines is 1. The van der Waals surface area contributed by atoms with Gasteiger partial charge in [-0.1, -0.05) is 19.1 Å². The van der Waals surface area contributed by atoms with Gasteiger partial charge in [0.25, 0.3) is 5.91 Å². The Bertz CT molecular complexity index is 736. The molecule has 25 heavy (non-hydrogen) atoms. The van der Waals surface area contributed by atoms with Gasteiger partial charge in [-0.05, 0) is 43.2 Å². The molecule has 134 valence electrons. The van der Waals surface area contributed by atoms with Crippen molar-refractivity contribution in [3.8, 4) is 0 Å². The van der Waals surface area contributed by atoms with Crippen LogP contribution in [0.15, 0.2) is 24.3 Å². The number of amides is 2. The zero-order chi connectivity index (χ0) is 17.8. The van der Waals surface area contributed by atoms with Crippen LogP contribution in [-0.4, -0.2) is 36.7 Å². The Kier molecular flexibility index (Phi) is 3.58. The Morgan fingerprint density at radius 1 is 1.32 bits per heavy atom. The molecule has 1 aromatic rings. The molecule has 1 spiro atoms. The van der Waals surface area contributed by atoms with Crippen molar-refractivity contribution in [3.63, 3.8) is 0 Å². The van der Waals surface area contributed by atoms with Crippen LogP contribution in [0.5, 0.6) is 0 Å². The fourth-order valence-corrected chi connectivity index (χ4v) is 5.14. The SMILES string of the molecule is CON(C)C(=O)[C@@H]1C[C@H]2CC[C@@]1(C)C[C@]21NC(=O)c2ccccc2N1. The second-order valence-corrected chi connectivity index (χ2v) is 7.97. The first-order valence-corrected chi connectivity index (χ1v) is 8.90. The van der Waals surface area contributed by atoms with E-state index in [0.717, 1.165) is 31.4 Å². The Morgan fingerprint density at radius 3 is 2.80 bits per heavy atom. The molecule has 0 radical (unpaired) electrons. The van der Waals surface area contributed by atoms with E-state index >= 15 is 0 Å². The monoisotopic (exact) mass is 343 g/mol. The number of carbonyl (C=O) groups is 2. The van der Waals surface area contributed by atoms with Gasteiger partial charge in [0.1, 0.15) is 5.66 Å². The number of nitrogens with zero attached hydrogens (tertiary/aromatic N) is 1. The van der Waals surface area contributed by atoms with E-state index in [-0.39, 0.29) is 29.1 Å². The Morgan fingerprint density at radius 2 is 2.08 bits per heavy atom. The largest absolute Gasteiger partial charge is 0.362 e. The molecule has 6 heteroatoms. The molecule has 4 atom stereocenters. The predicted molar refractivity (Wildman–Crippen MR) is 93.6 cm³/mol. The van der Waals surface area contributed by atoms with Gasteiger partial charge in [0, 0.05) is 24.6 Å². The smallest absolute Gasteiger partial charge is 0.255 e. The third-order valence-electron chi connectivity index (χ3n) is 6.55. The first kappa shape index (κ1) is 16.4. The van der Waals surface area contributed by atoms with E-state index in [4.69, 9.17) is 4.84 Å². The summed E-state index contributed by atoms with van der Waals surface area (Å²) in [4.78, 5) is 30.5. The number of carbonyl (C=O) groups excluding carboxylic acids is 2. The summed E-state index contributed by atoms with van der Waals surface area (Å²) in [6, 6.07) is 7.62. The Hall–Kier alpha value is -2.08. The predicted octanol–water partition coefficient (Wildman–Crippen LogP) is 2.38. The van der Waals surface area contributed by atoms with Gasteiger partial charge >= 0.3 is 0 Å². The third-order valence-corrected chi connectivity index (χ3v) is 6.55. The van der Waals surface area contributed by atoms with Crippen LogP contribution in [0.2, 0.25) is 0 Å². The van der Waals surface area contributed by atoms with E-state index in [0.29, 0.717) is 5.56 Å². The normalized spacial score (nSPS) is 35.7. The maximum atomic E-state index is 12.8. The van der Waals surface area contributed by atoms with Crippen molar-refractivity contribution in [3.05, 3.63) is 29.8 Å². The maximum Gasteiger partial charge on any atom is 0.255 e. The molecule has 1 aromatic carbocycles. The molecule has 1 heterocycles. The lowest BCUT2D eigenvalue weighted by atomic mass is 9.51. The zero-order valence-electron chi connectivity index (χ0n) is 15.0. The van der Waals surface area contributed by atoms with E-state index in [9.17, 15) is 9.59 Å². The number of nitrogens with one attached hydrogen (secondary N) is 2. The number of hydrogen-bond acceptors (Lipinski definition) is 4. The fourth-order valence-electron chi connectivity index (χ4n) is 5.14. The standard InChI is InChI=1S/C19H25N3O3/c1-18-9-8-12(10-14(18)17(24)22(2)25-3)19(11-18)20-15-7-5-4-6-13(15)16(23)21-19/h4-7,12,14,20H,8-11H2,1-3H3,(H,21,23)/t12-,14+,18+,19+/m1/s1. The molecule has 1 aliphatic heterocycles. The minimum atomic E-state index is -0.457. The summed E-state index contributed by atoms with van der Waals surface area (Å²) in [5, 5.41) is 8.19. The van der Waals surface area contributed by atoms with Gasteiger partial charge in [0.2, 0.25) is 5.91 Å². The lowest BCUT2D eigenvalue weighted by Gasteiger charge is -2.61. The van der Waals surface area contributed by atoms with Crippen molar-refractivity contribution in [1.82, 2.24) is 10.4 Å². The van der Waals surface area contributed by atoms with Crippen LogP contribution in [0, 0.1) is 17.3 Å². The van der Waals surface area contributed by atoms with Crippen molar-refractivity contribution in [2.75, 3.05) is 19.5 Å². The van der Waals surface area contributed by atoms with E-state index < -0.39 is 5.66 Å². The van der Waals surface area contributed by atoms with E-state index in [1.807, 2.05) is 24.3 Å². The van der Waals surface area contributed by atoms with Crippen molar-refractivity contribution in [2.24, 2.45) is 17.3 Å².